The van der Waals surface area contributed by atoms with Gasteiger partial charge in [0.05, 0.1) is 7.11 Å². The molecule has 20 heavy (non-hydrogen) atoms. The lowest BCUT2D eigenvalue weighted by Gasteiger charge is -2.07. The van der Waals surface area contributed by atoms with Gasteiger partial charge in [-0.3, -0.25) is 0 Å². The first-order chi connectivity index (χ1) is 9.79. The molecule has 1 aliphatic rings. The van der Waals surface area contributed by atoms with E-state index in [9.17, 15) is 0 Å². The highest BCUT2D eigenvalue weighted by Gasteiger charge is 2.19. The van der Waals surface area contributed by atoms with Crippen molar-refractivity contribution in [3.8, 4) is 5.75 Å². The molecular weight excluding hydrogens is 308 g/mol. The summed E-state index contributed by atoms with van der Waals surface area (Å²) in [4.78, 5) is 2.35. The molecule has 0 amide bonds. The van der Waals surface area contributed by atoms with Crippen LogP contribution in [0.5, 0.6) is 5.75 Å². The number of ether oxygens (including phenoxy) is 1. The predicted octanol–water partition coefficient (Wildman–Crippen LogP) is 5.34. The van der Waals surface area contributed by atoms with Crippen LogP contribution in [0.3, 0.4) is 0 Å². The Morgan fingerprint density at radius 1 is 1.00 bits per heavy atom. The van der Waals surface area contributed by atoms with Gasteiger partial charge in [-0.25, -0.2) is 0 Å². The molecule has 0 fully saturated rings. The zero-order valence-electron chi connectivity index (χ0n) is 10.9. The molecule has 0 saturated carbocycles. The third-order valence-corrected chi connectivity index (χ3v) is 6.97. The van der Waals surface area contributed by atoms with Crippen LogP contribution in [-0.4, -0.2) is 12.0 Å². The number of hydrogen-bond donors (Lipinski definition) is 0. The highest BCUT2D eigenvalue weighted by molar-refractivity contribution is 8.95. The van der Waals surface area contributed by atoms with Gasteiger partial charge >= 0.3 is 0 Å². The van der Waals surface area contributed by atoms with Crippen LogP contribution in [-0.2, 0) is 0 Å². The van der Waals surface area contributed by atoms with Crippen molar-refractivity contribution in [1.82, 2.24) is 0 Å². The Labute approximate surface area is 129 Å². The number of benzene rings is 2. The molecule has 4 heteroatoms. The number of methoxy groups -OCH3 is 1. The maximum Gasteiger partial charge on any atom is 0.127 e. The standard InChI is InChI=1S/C16H13ClOS2/c1-18-14-10-6-5-9-13(14)15-11-16(20(17)19-15)12-7-3-2-4-8-12/h2-11H,1H3. The van der Waals surface area contributed by atoms with E-state index in [-0.39, 0.29) is 8.73 Å². The molecule has 0 bridgehead atoms. The second-order valence-corrected chi connectivity index (χ2v) is 8.71. The molecule has 1 nitrogen and oxygen atoms in total. The van der Waals surface area contributed by atoms with E-state index in [1.807, 2.05) is 36.4 Å². The lowest BCUT2D eigenvalue weighted by atomic mass is 10.1. The maximum atomic E-state index is 6.51. The Hall–Kier alpha value is -1.16. The smallest absolute Gasteiger partial charge is 0.127 e. The molecule has 0 saturated heterocycles. The zero-order valence-corrected chi connectivity index (χ0v) is 13.3. The second-order valence-electron chi connectivity index (χ2n) is 4.25. The Morgan fingerprint density at radius 3 is 2.45 bits per heavy atom. The normalized spacial score (nSPS) is 18.0. The summed E-state index contributed by atoms with van der Waals surface area (Å²) >= 11 is 0. The van der Waals surface area contributed by atoms with Gasteiger partial charge in [-0.2, -0.15) is 0 Å². The van der Waals surface area contributed by atoms with Gasteiger partial charge in [0.1, 0.15) is 5.75 Å². The van der Waals surface area contributed by atoms with Crippen molar-refractivity contribution in [3.05, 3.63) is 71.8 Å². The number of hydrogen-bond acceptors (Lipinski definition) is 2. The van der Waals surface area contributed by atoms with Crippen LogP contribution in [0, 0.1) is 0 Å². The molecule has 3 rings (SSSR count). The van der Waals surface area contributed by atoms with Crippen molar-refractivity contribution in [3.63, 3.8) is 0 Å². The quantitative estimate of drug-likeness (QED) is 0.557. The van der Waals surface area contributed by atoms with Crippen LogP contribution in [0.1, 0.15) is 11.1 Å². The first-order valence-corrected chi connectivity index (χ1v) is 9.54. The average Bonchev–Trinajstić information content (AvgIpc) is 2.90. The second kappa shape index (κ2) is 6.08. The largest absolute Gasteiger partial charge is 0.496 e. The summed E-state index contributed by atoms with van der Waals surface area (Å²) in [6.07, 6.45) is 2.17. The number of allylic oxidation sites excluding steroid dienone is 1. The van der Waals surface area contributed by atoms with E-state index in [2.05, 4.69) is 24.3 Å². The van der Waals surface area contributed by atoms with Crippen LogP contribution in [0.25, 0.3) is 4.91 Å². The fraction of sp³-hybridized carbons (Fsp3) is 0.0625. The number of para-hydroxylation sites is 1. The zero-order chi connectivity index (χ0) is 13.9. The Morgan fingerprint density at radius 2 is 1.70 bits per heavy atom. The minimum absolute atomic E-state index is 0.345. The Bertz CT molecular complexity index is 693. The first-order valence-electron chi connectivity index (χ1n) is 6.16. The minimum atomic E-state index is -0.345. The molecule has 0 radical (unpaired) electrons. The van der Waals surface area contributed by atoms with Gasteiger partial charge in [-0.05, 0) is 47.9 Å². The van der Waals surface area contributed by atoms with E-state index in [1.54, 1.807) is 17.9 Å². The summed E-state index contributed by atoms with van der Waals surface area (Å²) in [6.45, 7) is 0. The van der Waals surface area contributed by atoms with Crippen molar-refractivity contribution in [2.24, 2.45) is 0 Å². The van der Waals surface area contributed by atoms with Crippen molar-refractivity contribution in [2.45, 2.75) is 0 Å². The van der Waals surface area contributed by atoms with E-state index in [4.69, 9.17) is 15.4 Å². The Kier molecular flexibility index (Phi) is 4.20. The van der Waals surface area contributed by atoms with Gasteiger partial charge in [-0.15, -0.1) is 0 Å². The number of rotatable bonds is 3. The van der Waals surface area contributed by atoms with Crippen molar-refractivity contribution in [2.75, 3.05) is 7.11 Å². The van der Waals surface area contributed by atoms with Gasteiger partial charge in [0.25, 0.3) is 0 Å². The molecule has 1 atom stereocenters. The van der Waals surface area contributed by atoms with Crippen LogP contribution in [0.2, 0.25) is 0 Å². The van der Waals surface area contributed by atoms with Crippen molar-refractivity contribution < 1.29 is 4.74 Å². The molecule has 0 N–H and O–H groups in total. The summed E-state index contributed by atoms with van der Waals surface area (Å²) in [5.41, 5.74) is 2.28. The van der Waals surface area contributed by atoms with Crippen LogP contribution >= 0.6 is 30.2 Å². The van der Waals surface area contributed by atoms with Gasteiger partial charge in [0, 0.05) is 15.3 Å². The summed E-state index contributed by atoms with van der Waals surface area (Å²) < 4.78 is 5.43. The molecule has 0 spiro atoms. The average molecular weight is 321 g/mol. The lowest BCUT2D eigenvalue weighted by molar-refractivity contribution is 0.414. The summed E-state index contributed by atoms with van der Waals surface area (Å²) in [6, 6.07) is 18.3. The maximum absolute atomic E-state index is 6.51. The molecule has 1 heterocycles. The molecule has 2 aromatic rings. The van der Waals surface area contributed by atoms with Crippen LogP contribution in [0.4, 0.5) is 0 Å². The summed E-state index contributed by atoms with van der Waals surface area (Å²) in [7, 11) is 9.55. The topological polar surface area (TPSA) is 9.23 Å². The third kappa shape index (κ3) is 2.66. The fourth-order valence-corrected chi connectivity index (χ4v) is 5.94. The molecule has 102 valence electrons. The lowest BCUT2D eigenvalue weighted by Crippen LogP contribution is -1.93. The van der Waals surface area contributed by atoms with E-state index in [1.165, 1.54) is 15.3 Å². The van der Waals surface area contributed by atoms with Crippen LogP contribution < -0.4 is 4.74 Å². The molecule has 0 aromatic heterocycles. The van der Waals surface area contributed by atoms with Crippen molar-refractivity contribution >= 4 is 40.0 Å². The highest BCUT2D eigenvalue weighted by atomic mass is 35.7. The number of halogens is 1. The first kappa shape index (κ1) is 13.8. The molecule has 2 aromatic carbocycles. The molecular formula is C16H13ClOS2. The van der Waals surface area contributed by atoms with Gasteiger partial charge in [0.2, 0.25) is 0 Å². The van der Waals surface area contributed by atoms with Gasteiger partial charge in [-0.1, -0.05) is 48.5 Å². The fourth-order valence-electron chi connectivity index (χ4n) is 2.06. The third-order valence-electron chi connectivity index (χ3n) is 3.03. The predicted molar refractivity (Wildman–Crippen MR) is 92.6 cm³/mol. The van der Waals surface area contributed by atoms with E-state index in [0.717, 1.165) is 11.3 Å². The van der Waals surface area contributed by atoms with Crippen molar-refractivity contribution in [1.29, 1.82) is 0 Å². The minimum Gasteiger partial charge on any atom is -0.496 e. The van der Waals surface area contributed by atoms with Crippen LogP contribution in [0.15, 0.2) is 60.7 Å². The molecule has 1 aliphatic heterocycles. The summed E-state index contributed by atoms with van der Waals surface area (Å²) in [5.74, 6) is 0.884. The van der Waals surface area contributed by atoms with Gasteiger partial charge < -0.3 is 4.74 Å². The Balaban J connectivity index is 2.00. The summed E-state index contributed by atoms with van der Waals surface area (Å²) in [5, 5.41) is 0. The van der Waals surface area contributed by atoms with E-state index < -0.39 is 0 Å². The highest BCUT2D eigenvalue weighted by Crippen LogP contribution is 2.53. The van der Waals surface area contributed by atoms with E-state index in [0.29, 0.717) is 0 Å². The molecule has 1 unspecified atom stereocenters. The van der Waals surface area contributed by atoms with Gasteiger partial charge in [0.15, 0.2) is 0 Å². The monoisotopic (exact) mass is 320 g/mol. The SMILES string of the molecule is COc1ccccc1C1=CC(c2ccccc2)=S(Cl)S1. The molecule has 0 aliphatic carbocycles. The van der Waals surface area contributed by atoms with E-state index >= 15 is 0 Å².